The van der Waals surface area contributed by atoms with E-state index in [1.165, 1.54) is 4.90 Å². The Kier molecular flexibility index (Phi) is 4.16. The fourth-order valence-electron chi connectivity index (χ4n) is 1.87. The Morgan fingerprint density at radius 1 is 1.26 bits per heavy atom. The summed E-state index contributed by atoms with van der Waals surface area (Å²) in [4.78, 5) is 24.9. The molecule has 5 nitrogen and oxygen atoms in total. The molecule has 0 radical (unpaired) electrons. The van der Waals surface area contributed by atoms with E-state index >= 15 is 0 Å². The van der Waals surface area contributed by atoms with Crippen molar-refractivity contribution in [1.82, 2.24) is 10.2 Å². The van der Waals surface area contributed by atoms with Gasteiger partial charge in [-0.2, -0.15) is 0 Å². The zero-order valence-corrected chi connectivity index (χ0v) is 11.1. The zero-order chi connectivity index (χ0) is 13.8. The molecule has 1 saturated heterocycles. The highest BCUT2D eigenvalue weighted by Gasteiger charge is 2.39. The molecule has 102 valence electrons. The van der Waals surface area contributed by atoms with Crippen LogP contribution in [0.25, 0.3) is 0 Å². The van der Waals surface area contributed by atoms with Crippen LogP contribution in [0.5, 0.6) is 0 Å². The average molecular weight is 262 g/mol. The van der Waals surface area contributed by atoms with Crippen LogP contribution in [0.1, 0.15) is 19.4 Å². The number of nitrogens with one attached hydrogen (secondary N) is 1. The standard InChI is InChI=1S/C14H18N2O3/c1-10(2)9-19-13-12(17)15-14(18)16(13)8-11-6-4-3-5-7-11/h3-7,10,13H,8-9H2,1-2H3,(H,15,17,18). The minimum Gasteiger partial charge on any atom is -0.349 e. The van der Waals surface area contributed by atoms with E-state index in [1.54, 1.807) is 0 Å². The maximum Gasteiger partial charge on any atom is 0.326 e. The third kappa shape index (κ3) is 3.32. The maximum absolute atomic E-state index is 11.8. The third-order valence-electron chi connectivity index (χ3n) is 2.78. The van der Waals surface area contributed by atoms with Crippen molar-refractivity contribution in [3.8, 4) is 0 Å². The molecule has 1 heterocycles. The molecule has 1 aromatic carbocycles. The minimum absolute atomic E-state index is 0.307. The van der Waals surface area contributed by atoms with Gasteiger partial charge in [-0.05, 0) is 11.5 Å². The first-order valence-electron chi connectivity index (χ1n) is 6.35. The van der Waals surface area contributed by atoms with Crippen molar-refractivity contribution in [2.75, 3.05) is 6.61 Å². The van der Waals surface area contributed by atoms with Gasteiger partial charge in [-0.25, -0.2) is 4.79 Å². The molecule has 19 heavy (non-hydrogen) atoms. The predicted molar refractivity (Wildman–Crippen MR) is 70.1 cm³/mol. The Labute approximate surface area is 112 Å². The van der Waals surface area contributed by atoms with Gasteiger partial charge in [-0.15, -0.1) is 0 Å². The quantitative estimate of drug-likeness (QED) is 0.822. The van der Waals surface area contributed by atoms with Crippen LogP contribution >= 0.6 is 0 Å². The highest BCUT2D eigenvalue weighted by Crippen LogP contribution is 2.15. The number of carbonyl (C=O) groups excluding carboxylic acids is 2. The van der Waals surface area contributed by atoms with Crippen LogP contribution in [-0.2, 0) is 16.1 Å². The van der Waals surface area contributed by atoms with Crippen molar-refractivity contribution >= 4 is 11.9 Å². The molecule has 1 aromatic rings. The summed E-state index contributed by atoms with van der Waals surface area (Å²) in [5.41, 5.74) is 0.963. The van der Waals surface area contributed by atoms with E-state index in [2.05, 4.69) is 5.32 Å². The van der Waals surface area contributed by atoms with E-state index in [1.807, 2.05) is 44.2 Å². The van der Waals surface area contributed by atoms with E-state index in [-0.39, 0.29) is 5.91 Å². The number of hydrogen-bond acceptors (Lipinski definition) is 3. The Morgan fingerprint density at radius 3 is 2.58 bits per heavy atom. The molecule has 0 aromatic heterocycles. The second-order valence-electron chi connectivity index (χ2n) is 4.99. The number of ether oxygens (including phenoxy) is 1. The number of imide groups is 1. The van der Waals surface area contributed by atoms with E-state index in [4.69, 9.17) is 4.74 Å². The van der Waals surface area contributed by atoms with Crippen LogP contribution in [0.15, 0.2) is 30.3 Å². The zero-order valence-electron chi connectivity index (χ0n) is 11.1. The molecule has 1 aliphatic heterocycles. The Hall–Kier alpha value is -1.88. The van der Waals surface area contributed by atoms with E-state index < -0.39 is 12.3 Å². The molecule has 1 unspecified atom stereocenters. The van der Waals surface area contributed by atoms with Gasteiger partial charge in [0.25, 0.3) is 5.91 Å². The first kappa shape index (κ1) is 13.5. The van der Waals surface area contributed by atoms with Crippen molar-refractivity contribution < 1.29 is 14.3 Å². The molecule has 1 aliphatic rings. The summed E-state index contributed by atoms with van der Waals surface area (Å²) in [6, 6.07) is 9.13. The van der Waals surface area contributed by atoms with Crippen molar-refractivity contribution in [1.29, 1.82) is 0 Å². The van der Waals surface area contributed by atoms with Gasteiger partial charge in [0, 0.05) is 0 Å². The molecule has 1 fully saturated rings. The van der Waals surface area contributed by atoms with E-state index in [9.17, 15) is 9.59 Å². The summed E-state index contributed by atoms with van der Waals surface area (Å²) < 4.78 is 5.52. The topological polar surface area (TPSA) is 58.6 Å². The number of hydrogen-bond donors (Lipinski definition) is 1. The molecule has 1 atom stereocenters. The summed E-state index contributed by atoms with van der Waals surface area (Å²) in [5.74, 6) is -0.0799. The van der Waals surface area contributed by atoms with Crippen LogP contribution in [0.2, 0.25) is 0 Å². The van der Waals surface area contributed by atoms with Gasteiger partial charge >= 0.3 is 6.03 Å². The predicted octanol–water partition coefficient (Wildman–Crippen LogP) is 1.74. The Bertz CT molecular complexity index is 459. The summed E-state index contributed by atoms with van der Waals surface area (Å²) in [6.45, 7) is 4.80. The number of amides is 3. The molecule has 0 bridgehead atoms. The minimum atomic E-state index is -0.824. The van der Waals surface area contributed by atoms with Crippen LogP contribution in [0, 0.1) is 5.92 Å². The van der Waals surface area contributed by atoms with E-state index in [0.717, 1.165) is 5.56 Å². The normalized spacial score (nSPS) is 19.1. The first-order valence-corrected chi connectivity index (χ1v) is 6.35. The van der Waals surface area contributed by atoms with Crippen LogP contribution in [0.3, 0.4) is 0 Å². The highest BCUT2D eigenvalue weighted by molar-refractivity contribution is 6.03. The molecule has 1 N–H and O–H groups in total. The average Bonchev–Trinajstić information content (AvgIpc) is 2.63. The fraction of sp³-hybridized carbons (Fsp3) is 0.429. The van der Waals surface area contributed by atoms with Gasteiger partial charge in [0.05, 0.1) is 13.2 Å². The summed E-state index contributed by atoms with van der Waals surface area (Å²) in [5, 5.41) is 2.28. The number of nitrogens with zero attached hydrogens (tertiary/aromatic N) is 1. The van der Waals surface area contributed by atoms with Crippen LogP contribution in [0.4, 0.5) is 4.79 Å². The van der Waals surface area contributed by atoms with Gasteiger partial charge in [0.1, 0.15) is 0 Å². The lowest BCUT2D eigenvalue weighted by atomic mass is 10.2. The summed E-state index contributed by atoms with van der Waals surface area (Å²) >= 11 is 0. The Balaban J connectivity index is 2.07. The molecule has 3 amide bonds. The SMILES string of the molecule is CC(C)COC1C(=O)NC(=O)N1Cc1ccccc1. The molecule has 5 heteroatoms. The number of carbonyl (C=O) groups is 2. The fourth-order valence-corrected chi connectivity index (χ4v) is 1.87. The van der Waals surface area contributed by atoms with Gasteiger partial charge in [0.2, 0.25) is 6.23 Å². The third-order valence-corrected chi connectivity index (χ3v) is 2.78. The van der Waals surface area contributed by atoms with Crippen molar-refractivity contribution in [2.24, 2.45) is 5.92 Å². The molecule has 0 aliphatic carbocycles. The van der Waals surface area contributed by atoms with Crippen molar-refractivity contribution in [2.45, 2.75) is 26.6 Å². The summed E-state index contributed by atoms with van der Waals surface area (Å²) in [6.07, 6.45) is -0.824. The molecular formula is C14H18N2O3. The highest BCUT2D eigenvalue weighted by atomic mass is 16.5. The first-order chi connectivity index (χ1) is 9.08. The lowest BCUT2D eigenvalue weighted by molar-refractivity contribution is -0.137. The molecule has 0 saturated carbocycles. The Morgan fingerprint density at radius 2 is 1.95 bits per heavy atom. The van der Waals surface area contributed by atoms with Crippen LogP contribution < -0.4 is 5.32 Å². The van der Waals surface area contributed by atoms with Gasteiger partial charge in [-0.1, -0.05) is 44.2 Å². The maximum atomic E-state index is 11.8. The van der Waals surface area contributed by atoms with Crippen molar-refractivity contribution in [3.05, 3.63) is 35.9 Å². The van der Waals surface area contributed by atoms with Gasteiger partial charge in [-0.3, -0.25) is 15.0 Å². The smallest absolute Gasteiger partial charge is 0.326 e. The molecular weight excluding hydrogens is 244 g/mol. The van der Waals surface area contributed by atoms with Gasteiger partial charge in [0.15, 0.2) is 0 Å². The van der Waals surface area contributed by atoms with E-state index in [0.29, 0.717) is 19.1 Å². The molecule has 0 spiro atoms. The lowest BCUT2D eigenvalue weighted by Crippen LogP contribution is -2.37. The van der Waals surface area contributed by atoms with Crippen LogP contribution in [-0.4, -0.2) is 29.7 Å². The largest absolute Gasteiger partial charge is 0.349 e. The molecule has 2 rings (SSSR count). The summed E-state index contributed by atoms with van der Waals surface area (Å²) in [7, 11) is 0. The number of benzene rings is 1. The second-order valence-corrected chi connectivity index (χ2v) is 4.99. The monoisotopic (exact) mass is 262 g/mol. The number of rotatable bonds is 5. The number of urea groups is 1. The second kappa shape index (κ2) is 5.84. The van der Waals surface area contributed by atoms with Crippen molar-refractivity contribution in [3.63, 3.8) is 0 Å². The van der Waals surface area contributed by atoms with Gasteiger partial charge < -0.3 is 4.74 Å². The lowest BCUT2D eigenvalue weighted by Gasteiger charge is -2.22.